The second-order valence-electron chi connectivity index (χ2n) is 8.45. The molecule has 184 valence electrons. The molecule has 35 heavy (non-hydrogen) atoms. The van der Waals surface area contributed by atoms with E-state index in [-0.39, 0.29) is 18.6 Å². The van der Waals surface area contributed by atoms with Crippen LogP contribution in [0, 0.1) is 0 Å². The van der Waals surface area contributed by atoms with Gasteiger partial charge in [0.05, 0.1) is 25.4 Å². The third-order valence-electron chi connectivity index (χ3n) is 6.17. The molecular formula is C26H31N5O3S. The van der Waals surface area contributed by atoms with Gasteiger partial charge in [0, 0.05) is 49.0 Å². The number of methoxy groups -OCH3 is 1. The fourth-order valence-corrected chi connectivity index (χ4v) is 5.32. The summed E-state index contributed by atoms with van der Waals surface area (Å²) in [4.78, 5) is 35.1. The highest BCUT2D eigenvalue weighted by atomic mass is 32.1. The maximum atomic E-state index is 12.6. The minimum absolute atomic E-state index is 0.0134. The molecule has 0 radical (unpaired) electrons. The maximum Gasteiger partial charge on any atom is 0.309 e. The molecule has 1 aromatic carbocycles. The van der Waals surface area contributed by atoms with Crippen molar-refractivity contribution in [1.29, 1.82) is 0 Å². The average Bonchev–Trinajstić information content (AvgIpc) is 3.43. The van der Waals surface area contributed by atoms with Crippen LogP contribution in [0.2, 0.25) is 0 Å². The van der Waals surface area contributed by atoms with Crippen molar-refractivity contribution in [2.45, 2.75) is 25.6 Å². The zero-order valence-electron chi connectivity index (χ0n) is 20.0. The Hall–Kier alpha value is -3.43. The largest absolute Gasteiger partial charge is 0.497 e. The molecule has 2 amide bonds. The summed E-state index contributed by atoms with van der Waals surface area (Å²) in [7, 11) is 1.67. The number of hydrogen-bond acceptors (Lipinski definition) is 7. The first-order valence-corrected chi connectivity index (χ1v) is 12.6. The van der Waals surface area contributed by atoms with Crippen LogP contribution in [0.4, 0.5) is 5.69 Å². The Balaban J connectivity index is 1.36. The lowest BCUT2D eigenvalue weighted by atomic mass is 10.0. The van der Waals surface area contributed by atoms with Gasteiger partial charge in [-0.15, -0.1) is 11.3 Å². The Morgan fingerprint density at radius 2 is 1.80 bits per heavy atom. The number of anilines is 1. The SMILES string of the molecule is COc1ccc(N2CCN([C@H](c3cccs3)[C@H](C)NC(=O)C(=O)NCc3ccccn3)CC2)cc1. The molecule has 0 unspecified atom stereocenters. The van der Waals surface area contributed by atoms with Crippen molar-refractivity contribution in [3.05, 3.63) is 76.7 Å². The van der Waals surface area contributed by atoms with Gasteiger partial charge < -0.3 is 20.3 Å². The van der Waals surface area contributed by atoms with Gasteiger partial charge in [-0.1, -0.05) is 12.1 Å². The normalized spacial score (nSPS) is 15.8. The topological polar surface area (TPSA) is 86.8 Å². The molecule has 2 aromatic heterocycles. The molecule has 0 bridgehead atoms. The molecule has 3 heterocycles. The molecule has 1 aliphatic heterocycles. The van der Waals surface area contributed by atoms with E-state index in [1.165, 1.54) is 10.6 Å². The van der Waals surface area contributed by atoms with Crippen molar-refractivity contribution in [3.8, 4) is 5.75 Å². The summed E-state index contributed by atoms with van der Waals surface area (Å²) in [6.07, 6.45) is 1.66. The zero-order valence-corrected chi connectivity index (χ0v) is 20.8. The second-order valence-corrected chi connectivity index (χ2v) is 9.43. The standard InChI is InChI=1S/C26H31N5O3S/c1-19(29-26(33)25(32)28-18-20-6-3-4-12-27-20)24(23-7-5-17-35-23)31-15-13-30(14-16-31)21-8-10-22(34-2)11-9-21/h3-12,17,19,24H,13-16,18H2,1-2H3,(H,28,32)(H,29,33)/t19-,24-/m0/s1. The third kappa shape index (κ3) is 6.37. The lowest BCUT2D eigenvalue weighted by Gasteiger charge is -2.42. The van der Waals surface area contributed by atoms with E-state index >= 15 is 0 Å². The van der Waals surface area contributed by atoms with Gasteiger partial charge in [0.1, 0.15) is 5.75 Å². The first-order chi connectivity index (χ1) is 17.0. The van der Waals surface area contributed by atoms with E-state index in [9.17, 15) is 9.59 Å². The van der Waals surface area contributed by atoms with Gasteiger partial charge in [-0.2, -0.15) is 0 Å². The Kier molecular flexibility index (Phi) is 8.33. The first-order valence-electron chi connectivity index (χ1n) is 11.7. The number of aromatic nitrogens is 1. The summed E-state index contributed by atoms with van der Waals surface area (Å²) < 4.78 is 5.27. The smallest absolute Gasteiger partial charge is 0.309 e. The van der Waals surface area contributed by atoms with Crippen LogP contribution < -0.4 is 20.3 Å². The molecule has 1 saturated heterocycles. The molecule has 3 aromatic rings. The molecule has 9 heteroatoms. The molecule has 8 nitrogen and oxygen atoms in total. The summed E-state index contributed by atoms with van der Waals surface area (Å²) in [5, 5.41) is 7.62. The van der Waals surface area contributed by atoms with Gasteiger partial charge in [-0.3, -0.25) is 19.5 Å². The Morgan fingerprint density at radius 1 is 1.03 bits per heavy atom. The average molecular weight is 494 g/mol. The summed E-state index contributed by atoms with van der Waals surface area (Å²) in [5.74, 6) is -0.442. The molecule has 0 spiro atoms. The highest BCUT2D eigenvalue weighted by molar-refractivity contribution is 7.10. The van der Waals surface area contributed by atoms with E-state index in [2.05, 4.69) is 43.6 Å². The molecule has 1 fully saturated rings. The van der Waals surface area contributed by atoms with E-state index in [1.54, 1.807) is 36.8 Å². The molecule has 1 aliphatic rings. The van der Waals surface area contributed by atoms with Gasteiger partial charge >= 0.3 is 11.8 Å². The third-order valence-corrected chi connectivity index (χ3v) is 7.12. The van der Waals surface area contributed by atoms with Gasteiger partial charge in [-0.25, -0.2) is 0 Å². The maximum absolute atomic E-state index is 12.6. The summed E-state index contributed by atoms with van der Waals surface area (Å²) in [6.45, 7) is 5.62. The minimum atomic E-state index is -0.656. The summed E-state index contributed by atoms with van der Waals surface area (Å²) in [5.41, 5.74) is 1.87. The van der Waals surface area contributed by atoms with Crippen molar-refractivity contribution in [3.63, 3.8) is 0 Å². The van der Waals surface area contributed by atoms with Crippen LogP contribution in [-0.4, -0.2) is 61.0 Å². The van der Waals surface area contributed by atoms with Crippen LogP contribution in [0.15, 0.2) is 66.2 Å². The van der Waals surface area contributed by atoms with E-state index in [0.717, 1.165) is 31.9 Å². The Bertz CT molecular complexity index is 1080. The number of rotatable bonds is 8. The van der Waals surface area contributed by atoms with Gasteiger partial charge in [0.15, 0.2) is 0 Å². The predicted octanol–water partition coefficient (Wildman–Crippen LogP) is 2.84. The second kappa shape index (κ2) is 11.8. The number of hydrogen-bond donors (Lipinski definition) is 2. The van der Waals surface area contributed by atoms with Crippen molar-refractivity contribution in [2.24, 2.45) is 0 Å². The first kappa shape index (κ1) is 24.7. The number of thiophene rings is 1. The Labute approximate surface area is 209 Å². The van der Waals surface area contributed by atoms with Crippen LogP contribution >= 0.6 is 11.3 Å². The quantitative estimate of drug-likeness (QED) is 0.470. The molecule has 2 atom stereocenters. The van der Waals surface area contributed by atoms with Crippen LogP contribution in [0.25, 0.3) is 0 Å². The number of nitrogens with one attached hydrogen (secondary N) is 2. The Morgan fingerprint density at radius 3 is 2.43 bits per heavy atom. The number of carbonyl (C=O) groups excluding carboxylic acids is 2. The van der Waals surface area contributed by atoms with Crippen molar-refractivity contribution >= 4 is 28.8 Å². The van der Waals surface area contributed by atoms with Crippen LogP contribution in [0.5, 0.6) is 5.75 Å². The number of nitrogens with zero attached hydrogens (tertiary/aromatic N) is 3. The molecule has 4 rings (SSSR count). The summed E-state index contributed by atoms with van der Waals surface area (Å²) in [6, 6.07) is 17.4. The van der Waals surface area contributed by atoms with Gasteiger partial charge in [0.25, 0.3) is 0 Å². The number of ether oxygens (including phenoxy) is 1. The fraction of sp³-hybridized carbons (Fsp3) is 0.346. The predicted molar refractivity (Wildman–Crippen MR) is 138 cm³/mol. The van der Waals surface area contributed by atoms with E-state index < -0.39 is 11.8 Å². The highest BCUT2D eigenvalue weighted by Crippen LogP contribution is 2.30. The molecule has 0 aliphatic carbocycles. The van der Waals surface area contributed by atoms with Crippen LogP contribution in [0.1, 0.15) is 23.5 Å². The molecule has 0 saturated carbocycles. The van der Waals surface area contributed by atoms with Gasteiger partial charge in [0.2, 0.25) is 0 Å². The lowest BCUT2D eigenvalue weighted by Crippen LogP contribution is -2.53. The molecule has 2 N–H and O–H groups in total. The number of piperazine rings is 1. The van der Waals surface area contributed by atoms with Crippen LogP contribution in [0.3, 0.4) is 0 Å². The van der Waals surface area contributed by atoms with Crippen molar-refractivity contribution in [1.82, 2.24) is 20.5 Å². The number of amides is 2. The van der Waals surface area contributed by atoms with Crippen molar-refractivity contribution < 1.29 is 14.3 Å². The van der Waals surface area contributed by atoms with E-state index in [0.29, 0.717) is 5.69 Å². The monoisotopic (exact) mass is 493 g/mol. The molecular weight excluding hydrogens is 462 g/mol. The van der Waals surface area contributed by atoms with Crippen LogP contribution in [-0.2, 0) is 16.1 Å². The zero-order chi connectivity index (χ0) is 24.6. The number of pyridine rings is 1. The highest BCUT2D eigenvalue weighted by Gasteiger charge is 2.32. The number of benzene rings is 1. The summed E-state index contributed by atoms with van der Waals surface area (Å²) >= 11 is 1.67. The fourth-order valence-electron chi connectivity index (χ4n) is 4.36. The van der Waals surface area contributed by atoms with E-state index in [1.807, 2.05) is 36.6 Å². The van der Waals surface area contributed by atoms with Gasteiger partial charge in [-0.05, 0) is 54.8 Å². The van der Waals surface area contributed by atoms with Crippen molar-refractivity contribution in [2.75, 3.05) is 38.2 Å². The number of carbonyl (C=O) groups is 2. The minimum Gasteiger partial charge on any atom is -0.497 e. The lowest BCUT2D eigenvalue weighted by molar-refractivity contribution is -0.140. The van der Waals surface area contributed by atoms with E-state index in [4.69, 9.17) is 4.74 Å².